The number of hydrogen-bond acceptors (Lipinski definition) is 2. The van der Waals surface area contributed by atoms with Crippen LogP contribution in [0.1, 0.15) is 47.4 Å². The van der Waals surface area contributed by atoms with Crippen molar-refractivity contribution in [2.45, 2.75) is 44.6 Å². The molecule has 0 fully saturated rings. The summed E-state index contributed by atoms with van der Waals surface area (Å²) in [5.41, 5.74) is 5.28. The van der Waals surface area contributed by atoms with Crippen LogP contribution in [0.15, 0.2) is 30.9 Å². The van der Waals surface area contributed by atoms with Crippen molar-refractivity contribution in [3.8, 4) is 6.07 Å². The van der Waals surface area contributed by atoms with E-state index in [1.165, 1.54) is 36.0 Å². The van der Waals surface area contributed by atoms with Crippen molar-refractivity contribution in [1.82, 2.24) is 9.55 Å². The van der Waals surface area contributed by atoms with E-state index in [9.17, 15) is 5.26 Å². The van der Waals surface area contributed by atoms with Crippen LogP contribution in [0.2, 0.25) is 0 Å². The van der Waals surface area contributed by atoms with Gasteiger partial charge in [-0.1, -0.05) is 6.07 Å². The van der Waals surface area contributed by atoms with Crippen LogP contribution in [0.4, 0.5) is 0 Å². The van der Waals surface area contributed by atoms with Crippen molar-refractivity contribution in [2.75, 3.05) is 0 Å². The van der Waals surface area contributed by atoms with Gasteiger partial charge in [0.05, 0.1) is 18.0 Å². The first-order chi connectivity index (χ1) is 10.3. The highest BCUT2D eigenvalue weighted by Crippen LogP contribution is 2.44. The summed E-state index contributed by atoms with van der Waals surface area (Å²) in [6.07, 6.45) is 11.8. The minimum atomic E-state index is 0.666. The Morgan fingerprint density at radius 1 is 1.38 bits per heavy atom. The van der Waals surface area contributed by atoms with Gasteiger partial charge in [-0.3, -0.25) is 0 Å². The van der Waals surface area contributed by atoms with Crippen LogP contribution in [0.25, 0.3) is 0 Å². The minimum Gasteiger partial charge on any atom is -0.337 e. The van der Waals surface area contributed by atoms with Gasteiger partial charge in [-0.15, -0.1) is 0 Å². The molecule has 0 saturated heterocycles. The topological polar surface area (TPSA) is 41.6 Å². The van der Waals surface area contributed by atoms with Gasteiger partial charge >= 0.3 is 0 Å². The third-order valence-electron chi connectivity index (χ3n) is 5.11. The first-order valence-corrected chi connectivity index (χ1v) is 7.85. The molecule has 0 spiro atoms. The second kappa shape index (κ2) is 5.04. The molecule has 2 atom stereocenters. The molecule has 0 bridgehead atoms. The van der Waals surface area contributed by atoms with Crippen molar-refractivity contribution in [3.63, 3.8) is 0 Å². The van der Waals surface area contributed by atoms with Crippen LogP contribution in [-0.2, 0) is 19.4 Å². The van der Waals surface area contributed by atoms with Crippen LogP contribution < -0.4 is 0 Å². The fourth-order valence-electron chi connectivity index (χ4n) is 4.31. The molecule has 0 N–H and O–H groups in total. The smallest absolute Gasteiger partial charge is 0.0994 e. The van der Waals surface area contributed by atoms with Crippen LogP contribution in [0.5, 0.6) is 0 Å². The van der Waals surface area contributed by atoms with Gasteiger partial charge in [0.15, 0.2) is 0 Å². The molecule has 21 heavy (non-hydrogen) atoms. The molecule has 3 heteroatoms. The number of aromatic nitrogens is 2. The zero-order valence-electron chi connectivity index (χ0n) is 12.1. The second-order valence-corrected chi connectivity index (χ2v) is 6.43. The highest BCUT2D eigenvalue weighted by molar-refractivity contribution is 5.50. The van der Waals surface area contributed by atoms with Crippen LogP contribution in [0, 0.1) is 17.2 Å². The molecule has 2 aliphatic carbocycles. The maximum atomic E-state index is 9.32. The molecular formula is C18H19N3. The van der Waals surface area contributed by atoms with E-state index in [0.717, 1.165) is 24.9 Å². The standard InChI is InChI=1S/C18H19N3/c19-10-16-5-4-15-9-13(11-21-7-6-20-12-21)8-14-2-1-3-17(16)18(14)15/h4-7,12-14H,1-3,8-9,11H2/t13-,14+/m0/s1. The Morgan fingerprint density at radius 3 is 3.14 bits per heavy atom. The molecule has 0 radical (unpaired) electrons. The summed E-state index contributed by atoms with van der Waals surface area (Å²) in [4.78, 5) is 4.15. The Hall–Kier alpha value is -2.08. The highest BCUT2D eigenvalue weighted by atomic mass is 15.0. The fraction of sp³-hybridized carbons (Fsp3) is 0.444. The van der Waals surface area contributed by atoms with Crippen LogP contribution >= 0.6 is 0 Å². The molecule has 0 amide bonds. The second-order valence-electron chi connectivity index (χ2n) is 6.43. The zero-order valence-corrected chi connectivity index (χ0v) is 12.1. The maximum absolute atomic E-state index is 9.32. The summed E-state index contributed by atoms with van der Waals surface area (Å²) in [6.45, 7) is 1.06. The molecule has 2 aromatic rings. The molecule has 0 aliphatic heterocycles. The Bertz CT molecular complexity index is 694. The Labute approximate surface area is 125 Å². The number of nitriles is 1. The largest absolute Gasteiger partial charge is 0.337 e. The number of hydrogen-bond donors (Lipinski definition) is 0. The number of nitrogens with zero attached hydrogens (tertiary/aromatic N) is 3. The molecule has 0 saturated carbocycles. The van der Waals surface area contributed by atoms with Crippen LogP contribution in [0.3, 0.4) is 0 Å². The first-order valence-electron chi connectivity index (χ1n) is 7.85. The third kappa shape index (κ3) is 2.15. The van der Waals surface area contributed by atoms with Crippen molar-refractivity contribution in [3.05, 3.63) is 53.1 Å². The lowest BCUT2D eigenvalue weighted by Gasteiger charge is -2.36. The van der Waals surface area contributed by atoms with E-state index in [1.54, 1.807) is 0 Å². The van der Waals surface area contributed by atoms with Gasteiger partial charge < -0.3 is 4.57 Å². The summed E-state index contributed by atoms with van der Waals surface area (Å²) in [6, 6.07) is 6.63. The predicted molar refractivity (Wildman–Crippen MR) is 80.9 cm³/mol. The maximum Gasteiger partial charge on any atom is 0.0994 e. The average Bonchev–Trinajstić information content (AvgIpc) is 3.01. The molecule has 4 rings (SSSR count). The van der Waals surface area contributed by atoms with Gasteiger partial charge in [0.1, 0.15) is 0 Å². The van der Waals surface area contributed by atoms with E-state index in [1.807, 2.05) is 18.6 Å². The van der Waals surface area contributed by atoms with E-state index >= 15 is 0 Å². The minimum absolute atomic E-state index is 0.666. The van der Waals surface area contributed by atoms with Gasteiger partial charge in [-0.05, 0) is 66.7 Å². The number of rotatable bonds is 2. The normalized spacial score (nSPS) is 23.4. The molecule has 0 unspecified atom stereocenters. The summed E-state index contributed by atoms with van der Waals surface area (Å²) in [5.74, 6) is 1.36. The molecular weight excluding hydrogens is 258 g/mol. The molecule has 1 aromatic carbocycles. The van der Waals surface area contributed by atoms with E-state index in [2.05, 4.69) is 27.9 Å². The molecule has 1 heterocycles. The number of benzene rings is 1. The van der Waals surface area contributed by atoms with Gasteiger partial charge in [0, 0.05) is 18.9 Å². The Balaban J connectivity index is 1.68. The first kappa shape index (κ1) is 12.6. The monoisotopic (exact) mass is 277 g/mol. The molecule has 3 nitrogen and oxygen atoms in total. The quantitative estimate of drug-likeness (QED) is 0.843. The third-order valence-corrected chi connectivity index (χ3v) is 5.11. The van der Waals surface area contributed by atoms with Crippen LogP contribution in [-0.4, -0.2) is 9.55 Å². The summed E-state index contributed by atoms with van der Waals surface area (Å²) >= 11 is 0. The highest BCUT2D eigenvalue weighted by Gasteiger charge is 2.32. The zero-order chi connectivity index (χ0) is 14.2. The van der Waals surface area contributed by atoms with Gasteiger partial charge in [0.2, 0.25) is 0 Å². The van der Waals surface area contributed by atoms with Gasteiger partial charge in [0.25, 0.3) is 0 Å². The van der Waals surface area contributed by atoms with Crippen molar-refractivity contribution in [2.24, 2.45) is 5.92 Å². The van der Waals surface area contributed by atoms with Gasteiger partial charge in [-0.25, -0.2) is 4.98 Å². The SMILES string of the molecule is N#Cc1ccc2c3c1CCC[C@@H]3C[C@H](Cn1ccnc1)C2. The number of imidazole rings is 1. The van der Waals surface area contributed by atoms with Crippen molar-refractivity contribution < 1.29 is 0 Å². The van der Waals surface area contributed by atoms with E-state index in [-0.39, 0.29) is 0 Å². The summed E-state index contributed by atoms with van der Waals surface area (Å²) in [5, 5.41) is 9.32. The lowest BCUT2D eigenvalue weighted by Crippen LogP contribution is -2.26. The lowest BCUT2D eigenvalue weighted by molar-refractivity contribution is 0.334. The van der Waals surface area contributed by atoms with Gasteiger partial charge in [-0.2, -0.15) is 5.26 Å². The summed E-state index contributed by atoms with van der Waals surface area (Å²) < 4.78 is 2.20. The fourth-order valence-corrected chi connectivity index (χ4v) is 4.31. The molecule has 1 aromatic heterocycles. The molecule has 106 valence electrons. The van der Waals surface area contributed by atoms with E-state index in [0.29, 0.717) is 11.8 Å². The Kier molecular flexibility index (Phi) is 3.03. The summed E-state index contributed by atoms with van der Waals surface area (Å²) in [7, 11) is 0. The Morgan fingerprint density at radius 2 is 2.33 bits per heavy atom. The van der Waals surface area contributed by atoms with E-state index < -0.39 is 0 Å². The van der Waals surface area contributed by atoms with E-state index in [4.69, 9.17) is 0 Å². The van der Waals surface area contributed by atoms with Crippen molar-refractivity contribution >= 4 is 0 Å². The lowest BCUT2D eigenvalue weighted by atomic mass is 9.69. The average molecular weight is 277 g/mol. The predicted octanol–water partition coefficient (Wildman–Crippen LogP) is 3.44. The van der Waals surface area contributed by atoms with Crippen molar-refractivity contribution in [1.29, 1.82) is 5.26 Å². The molecule has 2 aliphatic rings.